The quantitative estimate of drug-likeness (QED) is 0.939. The smallest absolute Gasteiger partial charge is 0.277 e. The van der Waals surface area contributed by atoms with E-state index in [-0.39, 0.29) is 23.3 Å². The zero-order chi connectivity index (χ0) is 14.0. The van der Waals surface area contributed by atoms with Gasteiger partial charge in [0, 0.05) is 12.4 Å². The number of benzene rings is 1. The van der Waals surface area contributed by atoms with Crippen LogP contribution in [-0.2, 0) is 0 Å². The van der Waals surface area contributed by atoms with Gasteiger partial charge in [0.1, 0.15) is 16.5 Å². The van der Waals surface area contributed by atoms with Gasteiger partial charge >= 0.3 is 0 Å². The molecule has 1 unspecified atom stereocenters. The van der Waals surface area contributed by atoms with Crippen LogP contribution >= 0.6 is 11.3 Å². The molecule has 0 fully saturated rings. The summed E-state index contributed by atoms with van der Waals surface area (Å²) >= 11 is 1.33. The Morgan fingerprint density at radius 2 is 2.16 bits per heavy atom. The number of carbonyl (C=O) groups is 1. The van der Waals surface area contributed by atoms with Gasteiger partial charge in [0.25, 0.3) is 5.91 Å². The fourth-order valence-electron chi connectivity index (χ4n) is 1.60. The van der Waals surface area contributed by atoms with Crippen LogP contribution in [0, 0.1) is 5.82 Å². The first-order chi connectivity index (χ1) is 9.00. The molecule has 6 heteroatoms. The number of rotatable bonds is 3. The summed E-state index contributed by atoms with van der Waals surface area (Å²) in [7, 11) is 1.52. The van der Waals surface area contributed by atoms with Gasteiger partial charge in [-0.1, -0.05) is 12.1 Å². The Morgan fingerprint density at radius 1 is 1.47 bits per heavy atom. The SMILES string of the molecule is CC(N)c1nc(C(=O)N(C)c2ccccc2F)cs1. The largest absolute Gasteiger partial charge is 0.322 e. The topological polar surface area (TPSA) is 59.2 Å². The fourth-order valence-corrected chi connectivity index (χ4v) is 2.35. The second-order valence-corrected chi connectivity index (χ2v) is 5.06. The molecule has 0 aliphatic carbocycles. The predicted octanol–water partition coefficient (Wildman–Crippen LogP) is 2.58. The molecule has 2 aromatic rings. The first kappa shape index (κ1) is 13.6. The number of nitrogens with zero attached hydrogens (tertiary/aromatic N) is 2. The van der Waals surface area contributed by atoms with Crippen LogP contribution in [0.1, 0.15) is 28.5 Å². The van der Waals surface area contributed by atoms with E-state index in [0.29, 0.717) is 5.01 Å². The lowest BCUT2D eigenvalue weighted by molar-refractivity contribution is 0.0988. The molecule has 1 atom stereocenters. The second kappa shape index (κ2) is 5.46. The third kappa shape index (κ3) is 2.80. The second-order valence-electron chi connectivity index (χ2n) is 4.18. The van der Waals surface area contributed by atoms with Crippen molar-refractivity contribution in [3.63, 3.8) is 0 Å². The van der Waals surface area contributed by atoms with E-state index in [1.807, 2.05) is 0 Å². The molecule has 1 aromatic heterocycles. The van der Waals surface area contributed by atoms with Gasteiger partial charge in [-0.25, -0.2) is 9.37 Å². The van der Waals surface area contributed by atoms with Gasteiger partial charge in [0.2, 0.25) is 0 Å². The average molecular weight is 279 g/mol. The number of hydrogen-bond acceptors (Lipinski definition) is 4. The average Bonchev–Trinajstić information content (AvgIpc) is 2.87. The molecule has 0 aliphatic rings. The number of hydrogen-bond donors (Lipinski definition) is 1. The molecule has 0 aliphatic heterocycles. The zero-order valence-electron chi connectivity index (χ0n) is 10.6. The van der Waals surface area contributed by atoms with Crippen molar-refractivity contribution in [3.05, 3.63) is 46.2 Å². The molecule has 19 heavy (non-hydrogen) atoms. The molecule has 0 bridgehead atoms. The Kier molecular flexibility index (Phi) is 3.92. The maximum atomic E-state index is 13.6. The van der Waals surface area contributed by atoms with E-state index in [9.17, 15) is 9.18 Å². The summed E-state index contributed by atoms with van der Waals surface area (Å²) in [5.74, 6) is -0.797. The third-order valence-corrected chi connectivity index (χ3v) is 3.69. The van der Waals surface area contributed by atoms with Gasteiger partial charge in [-0.3, -0.25) is 4.79 Å². The van der Waals surface area contributed by atoms with Crippen molar-refractivity contribution in [3.8, 4) is 0 Å². The van der Waals surface area contributed by atoms with E-state index in [1.54, 1.807) is 30.5 Å². The van der Waals surface area contributed by atoms with E-state index >= 15 is 0 Å². The number of halogens is 1. The van der Waals surface area contributed by atoms with Crippen molar-refractivity contribution in [1.29, 1.82) is 0 Å². The van der Waals surface area contributed by atoms with Gasteiger partial charge in [-0.15, -0.1) is 11.3 Å². The van der Waals surface area contributed by atoms with Gasteiger partial charge in [0.15, 0.2) is 0 Å². The number of anilines is 1. The number of amides is 1. The molecule has 2 rings (SSSR count). The Hall–Kier alpha value is -1.79. The highest BCUT2D eigenvalue weighted by atomic mass is 32.1. The Balaban J connectivity index is 2.26. The van der Waals surface area contributed by atoms with Crippen molar-refractivity contribution in [2.75, 3.05) is 11.9 Å². The molecule has 1 heterocycles. The summed E-state index contributed by atoms with van der Waals surface area (Å²) in [5.41, 5.74) is 6.21. The number of thiazole rings is 1. The van der Waals surface area contributed by atoms with Crippen molar-refractivity contribution in [2.24, 2.45) is 5.73 Å². The molecular weight excluding hydrogens is 265 g/mol. The highest BCUT2D eigenvalue weighted by molar-refractivity contribution is 7.09. The Labute approximate surface area is 114 Å². The van der Waals surface area contributed by atoms with E-state index in [0.717, 1.165) is 0 Å². The molecule has 1 aromatic carbocycles. The van der Waals surface area contributed by atoms with Crippen LogP contribution in [0.5, 0.6) is 0 Å². The minimum atomic E-state index is -0.444. The van der Waals surface area contributed by atoms with E-state index in [2.05, 4.69) is 4.98 Å². The molecule has 0 spiro atoms. The lowest BCUT2D eigenvalue weighted by Crippen LogP contribution is -2.27. The molecular formula is C13H14FN3OS. The van der Waals surface area contributed by atoms with E-state index in [1.165, 1.54) is 29.4 Å². The van der Waals surface area contributed by atoms with Crippen molar-refractivity contribution in [1.82, 2.24) is 4.98 Å². The molecule has 0 saturated heterocycles. The standard InChI is InChI=1S/C13H14FN3OS/c1-8(15)12-16-10(7-19-12)13(18)17(2)11-6-4-3-5-9(11)14/h3-8H,15H2,1-2H3. The fraction of sp³-hybridized carbons (Fsp3) is 0.231. The van der Waals surface area contributed by atoms with Crippen LogP contribution in [0.4, 0.5) is 10.1 Å². The number of para-hydroxylation sites is 1. The first-order valence-electron chi connectivity index (χ1n) is 5.74. The molecule has 0 saturated carbocycles. The van der Waals surface area contributed by atoms with Crippen molar-refractivity contribution >= 4 is 22.9 Å². The minimum absolute atomic E-state index is 0.217. The lowest BCUT2D eigenvalue weighted by atomic mass is 10.2. The third-order valence-electron chi connectivity index (χ3n) is 2.65. The first-order valence-corrected chi connectivity index (χ1v) is 6.62. The van der Waals surface area contributed by atoms with Crippen LogP contribution in [-0.4, -0.2) is 17.9 Å². The maximum absolute atomic E-state index is 13.6. The number of carbonyl (C=O) groups excluding carboxylic acids is 1. The summed E-state index contributed by atoms with van der Waals surface area (Å²) in [6.07, 6.45) is 0. The summed E-state index contributed by atoms with van der Waals surface area (Å²) in [6, 6.07) is 5.90. The van der Waals surface area contributed by atoms with Gasteiger partial charge in [0.05, 0.1) is 11.7 Å². The monoisotopic (exact) mass is 279 g/mol. The van der Waals surface area contributed by atoms with Gasteiger partial charge < -0.3 is 10.6 Å². The molecule has 1 amide bonds. The number of nitrogens with two attached hydrogens (primary N) is 1. The van der Waals surface area contributed by atoms with Crippen LogP contribution in [0.3, 0.4) is 0 Å². The summed E-state index contributed by atoms with van der Waals surface area (Å²) < 4.78 is 13.6. The van der Waals surface area contributed by atoms with Crippen molar-refractivity contribution < 1.29 is 9.18 Å². The van der Waals surface area contributed by atoms with Crippen molar-refractivity contribution in [2.45, 2.75) is 13.0 Å². The van der Waals surface area contributed by atoms with Gasteiger partial charge in [-0.2, -0.15) is 0 Å². The lowest BCUT2D eigenvalue weighted by Gasteiger charge is -2.16. The van der Waals surface area contributed by atoms with Crippen LogP contribution in [0.25, 0.3) is 0 Å². The molecule has 2 N–H and O–H groups in total. The van der Waals surface area contributed by atoms with E-state index < -0.39 is 5.82 Å². The van der Waals surface area contributed by atoms with Crippen LogP contribution in [0.2, 0.25) is 0 Å². The summed E-state index contributed by atoms with van der Waals surface area (Å²) in [4.78, 5) is 17.6. The molecule has 100 valence electrons. The van der Waals surface area contributed by atoms with E-state index in [4.69, 9.17) is 5.73 Å². The molecule has 4 nitrogen and oxygen atoms in total. The van der Waals surface area contributed by atoms with Gasteiger partial charge in [-0.05, 0) is 19.1 Å². The minimum Gasteiger partial charge on any atom is -0.322 e. The Morgan fingerprint density at radius 3 is 2.74 bits per heavy atom. The van der Waals surface area contributed by atoms with Crippen LogP contribution < -0.4 is 10.6 Å². The molecule has 0 radical (unpaired) electrons. The zero-order valence-corrected chi connectivity index (χ0v) is 11.4. The highest BCUT2D eigenvalue weighted by Crippen LogP contribution is 2.21. The maximum Gasteiger partial charge on any atom is 0.277 e. The summed E-state index contributed by atoms with van der Waals surface area (Å²) in [5, 5.41) is 2.32. The summed E-state index contributed by atoms with van der Waals surface area (Å²) in [6.45, 7) is 1.80. The predicted molar refractivity (Wildman–Crippen MR) is 73.8 cm³/mol. The normalized spacial score (nSPS) is 12.2. The number of aromatic nitrogens is 1. The highest BCUT2D eigenvalue weighted by Gasteiger charge is 2.19. The Bertz CT molecular complexity index is 597. The van der Waals surface area contributed by atoms with Crippen LogP contribution in [0.15, 0.2) is 29.6 Å².